The van der Waals surface area contributed by atoms with E-state index in [1.807, 2.05) is 13.0 Å². The minimum atomic E-state index is -3.38. The van der Waals surface area contributed by atoms with Crippen LogP contribution >= 0.6 is 0 Å². The number of hydrogen-bond acceptors (Lipinski definition) is 2. The lowest BCUT2D eigenvalue weighted by Crippen LogP contribution is -2.01. The second-order valence-corrected chi connectivity index (χ2v) is 5.51. The van der Waals surface area contributed by atoms with Gasteiger partial charge in [-0.3, -0.25) is 0 Å². The largest absolute Gasteiger partial charge is 0.219 e. The van der Waals surface area contributed by atoms with Crippen LogP contribution in [0, 0.1) is 13.0 Å². The van der Waals surface area contributed by atoms with Crippen LogP contribution in [0.5, 0.6) is 0 Å². The summed E-state index contributed by atoms with van der Waals surface area (Å²) in [4.78, 5) is 0.635. The summed E-state index contributed by atoms with van der Waals surface area (Å²) in [6.07, 6.45) is 0. The van der Waals surface area contributed by atoms with Crippen molar-refractivity contribution in [2.24, 2.45) is 0 Å². The fraction of sp³-hybridized carbons (Fsp3) is 0.0769. The van der Waals surface area contributed by atoms with E-state index in [2.05, 4.69) is 6.07 Å². The van der Waals surface area contributed by atoms with Crippen molar-refractivity contribution in [3.8, 4) is 0 Å². The van der Waals surface area contributed by atoms with Gasteiger partial charge in [0.25, 0.3) is 0 Å². The molecule has 2 aromatic rings. The minimum Gasteiger partial charge on any atom is -0.219 e. The van der Waals surface area contributed by atoms with Gasteiger partial charge in [0.1, 0.15) is 0 Å². The highest BCUT2D eigenvalue weighted by Crippen LogP contribution is 2.20. The molecule has 2 rings (SSSR count). The van der Waals surface area contributed by atoms with Gasteiger partial charge in [0.15, 0.2) is 0 Å². The number of sulfone groups is 1. The van der Waals surface area contributed by atoms with Gasteiger partial charge in [-0.1, -0.05) is 24.3 Å². The van der Waals surface area contributed by atoms with E-state index in [-0.39, 0.29) is 0 Å². The molecule has 0 heterocycles. The molecule has 0 aliphatic heterocycles. The SMILES string of the molecule is Cc1cccc(S(=O)(=O)c2cc[c]cc2)c1. The molecule has 16 heavy (non-hydrogen) atoms. The molecule has 0 atom stereocenters. The molecule has 0 N–H and O–H groups in total. The Hall–Kier alpha value is -1.61. The van der Waals surface area contributed by atoms with E-state index in [0.717, 1.165) is 5.56 Å². The molecule has 0 aliphatic rings. The number of benzene rings is 2. The molecule has 2 aromatic carbocycles. The fourth-order valence-corrected chi connectivity index (χ4v) is 2.83. The van der Waals surface area contributed by atoms with Crippen molar-refractivity contribution < 1.29 is 8.42 Å². The molecule has 0 spiro atoms. The van der Waals surface area contributed by atoms with Crippen LogP contribution in [0.3, 0.4) is 0 Å². The third-order valence-corrected chi connectivity index (χ3v) is 4.07. The van der Waals surface area contributed by atoms with Crippen LogP contribution in [-0.2, 0) is 9.84 Å². The molecule has 2 nitrogen and oxygen atoms in total. The van der Waals surface area contributed by atoms with Gasteiger partial charge in [-0.15, -0.1) is 0 Å². The third kappa shape index (κ3) is 1.99. The Morgan fingerprint density at radius 2 is 1.69 bits per heavy atom. The molecule has 0 amide bonds. The maximum atomic E-state index is 12.2. The molecular formula is C13H11O2S. The summed E-state index contributed by atoms with van der Waals surface area (Å²) in [7, 11) is -3.38. The summed E-state index contributed by atoms with van der Waals surface area (Å²) in [5, 5.41) is 0. The summed E-state index contributed by atoms with van der Waals surface area (Å²) in [6.45, 7) is 1.87. The average Bonchev–Trinajstić information content (AvgIpc) is 2.30. The van der Waals surface area contributed by atoms with Crippen molar-refractivity contribution in [3.05, 3.63) is 60.2 Å². The van der Waals surface area contributed by atoms with Gasteiger partial charge in [-0.25, -0.2) is 8.42 Å². The summed E-state index contributed by atoms with van der Waals surface area (Å²) in [6, 6.07) is 16.0. The van der Waals surface area contributed by atoms with Crippen molar-refractivity contribution >= 4 is 9.84 Å². The smallest absolute Gasteiger partial charge is 0.206 e. The number of hydrogen-bond donors (Lipinski definition) is 0. The lowest BCUT2D eigenvalue weighted by atomic mass is 10.2. The Morgan fingerprint density at radius 1 is 1.00 bits per heavy atom. The van der Waals surface area contributed by atoms with Crippen molar-refractivity contribution in [1.29, 1.82) is 0 Å². The van der Waals surface area contributed by atoms with Crippen LogP contribution in [0.2, 0.25) is 0 Å². The van der Waals surface area contributed by atoms with Crippen LogP contribution in [0.15, 0.2) is 58.3 Å². The zero-order chi connectivity index (χ0) is 11.6. The van der Waals surface area contributed by atoms with E-state index >= 15 is 0 Å². The predicted octanol–water partition coefficient (Wildman–Crippen LogP) is 2.63. The molecule has 0 bridgehead atoms. The Labute approximate surface area is 95.5 Å². The zero-order valence-electron chi connectivity index (χ0n) is 8.84. The fourth-order valence-electron chi connectivity index (χ4n) is 1.47. The molecule has 0 aliphatic carbocycles. The van der Waals surface area contributed by atoms with Crippen molar-refractivity contribution in [1.82, 2.24) is 0 Å². The van der Waals surface area contributed by atoms with Gasteiger partial charge in [-0.05, 0) is 42.8 Å². The summed E-state index contributed by atoms with van der Waals surface area (Å²) >= 11 is 0. The first-order chi connectivity index (χ1) is 7.60. The monoisotopic (exact) mass is 231 g/mol. The molecule has 0 unspecified atom stereocenters. The Kier molecular flexibility index (Phi) is 2.79. The number of aryl methyl sites for hydroxylation is 1. The predicted molar refractivity (Wildman–Crippen MR) is 61.9 cm³/mol. The van der Waals surface area contributed by atoms with Gasteiger partial charge in [0.2, 0.25) is 9.84 Å². The molecule has 0 aromatic heterocycles. The standard InChI is InChI=1S/C13H11O2S/c1-11-6-5-9-13(10-11)16(14,15)12-7-3-2-4-8-12/h3-10H,1H3. The molecular weight excluding hydrogens is 220 g/mol. The highest BCUT2D eigenvalue weighted by molar-refractivity contribution is 7.91. The van der Waals surface area contributed by atoms with Crippen molar-refractivity contribution in [2.45, 2.75) is 16.7 Å². The van der Waals surface area contributed by atoms with E-state index in [0.29, 0.717) is 9.79 Å². The average molecular weight is 231 g/mol. The molecule has 1 radical (unpaired) electrons. The summed E-state index contributed by atoms with van der Waals surface area (Å²) < 4.78 is 24.3. The van der Waals surface area contributed by atoms with Crippen LogP contribution in [0.25, 0.3) is 0 Å². The van der Waals surface area contributed by atoms with E-state index < -0.39 is 9.84 Å². The second kappa shape index (κ2) is 4.10. The second-order valence-electron chi connectivity index (χ2n) is 3.56. The Bertz CT molecular complexity index is 586. The first-order valence-electron chi connectivity index (χ1n) is 4.88. The highest BCUT2D eigenvalue weighted by Gasteiger charge is 2.16. The van der Waals surface area contributed by atoms with Crippen molar-refractivity contribution in [2.75, 3.05) is 0 Å². The van der Waals surface area contributed by atoms with Gasteiger partial charge in [0.05, 0.1) is 9.79 Å². The normalized spacial score (nSPS) is 11.3. The number of rotatable bonds is 2. The molecule has 3 heteroatoms. The van der Waals surface area contributed by atoms with Crippen molar-refractivity contribution in [3.63, 3.8) is 0 Å². The first-order valence-corrected chi connectivity index (χ1v) is 6.37. The molecule has 0 saturated carbocycles. The van der Waals surface area contributed by atoms with Crippen LogP contribution in [-0.4, -0.2) is 8.42 Å². The van der Waals surface area contributed by atoms with E-state index in [1.165, 1.54) is 0 Å². The Morgan fingerprint density at radius 3 is 2.31 bits per heavy atom. The minimum absolute atomic E-state index is 0.303. The zero-order valence-corrected chi connectivity index (χ0v) is 9.66. The van der Waals surface area contributed by atoms with Crippen LogP contribution in [0.1, 0.15) is 5.56 Å². The summed E-state index contributed by atoms with van der Waals surface area (Å²) in [5.41, 5.74) is 0.934. The van der Waals surface area contributed by atoms with Gasteiger partial charge in [-0.2, -0.15) is 0 Å². The molecule has 81 valence electrons. The third-order valence-electron chi connectivity index (χ3n) is 2.30. The quantitative estimate of drug-likeness (QED) is 0.796. The highest BCUT2D eigenvalue weighted by atomic mass is 32.2. The lowest BCUT2D eigenvalue weighted by Gasteiger charge is -2.04. The van der Waals surface area contributed by atoms with E-state index in [4.69, 9.17) is 0 Å². The summed E-state index contributed by atoms with van der Waals surface area (Å²) in [5.74, 6) is 0. The molecule has 0 fully saturated rings. The van der Waals surface area contributed by atoms with E-state index in [1.54, 1.807) is 42.5 Å². The topological polar surface area (TPSA) is 34.1 Å². The first kappa shape index (κ1) is 10.9. The lowest BCUT2D eigenvalue weighted by molar-refractivity contribution is 0.596. The maximum absolute atomic E-state index is 12.2. The van der Waals surface area contributed by atoms with Crippen LogP contribution in [0.4, 0.5) is 0 Å². The maximum Gasteiger partial charge on any atom is 0.206 e. The van der Waals surface area contributed by atoms with Gasteiger partial charge < -0.3 is 0 Å². The van der Waals surface area contributed by atoms with Gasteiger partial charge >= 0.3 is 0 Å². The van der Waals surface area contributed by atoms with Crippen LogP contribution < -0.4 is 0 Å². The Balaban J connectivity index is 2.56. The van der Waals surface area contributed by atoms with E-state index in [9.17, 15) is 8.42 Å². The van der Waals surface area contributed by atoms with Gasteiger partial charge in [0, 0.05) is 0 Å². The molecule has 0 saturated heterocycles.